The second kappa shape index (κ2) is 5.28. The topological polar surface area (TPSA) is 29.5 Å². The van der Waals surface area contributed by atoms with Gasteiger partial charge in [-0.2, -0.15) is 0 Å². The molecular formula is C23H32O2. The Morgan fingerprint density at radius 1 is 1.32 bits per heavy atom. The maximum atomic E-state index is 10.9. The number of phenolic OH excluding ortho intramolecular Hbond substituents is 1. The maximum Gasteiger partial charge on any atom is 0.127 e. The van der Waals surface area contributed by atoms with E-state index in [2.05, 4.69) is 47.3 Å². The molecule has 4 atom stereocenters. The fraction of sp³-hybridized carbons (Fsp3) is 0.652. The highest BCUT2D eigenvalue weighted by atomic mass is 16.5. The summed E-state index contributed by atoms with van der Waals surface area (Å²) in [6.07, 6.45) is 4.77. The molecule has 1 aromatic rings. The lowest BCUT2D eigenvalue weighted by atomic mass is 9.43. The smallest absolute Gasteiger partial charge is 0.127 e. The van der Waals surface area contributed by atoms with Crippen LogP contribution in [0.2, 0.25) is 0 Å². The Balaban J connectivity index is 1.74. The molecule has 3 saturated carbocycles. The lowest BCUT2D eigenvalue weighted by molar-refractivity contribution is -0.0727. The van der Waals surface area contributed by atoms with Crippen molar-refractivity contribution in [2.75, 3.05) is 0 Å². The molecule has 1 aromatic carbocycles. The lowest BCUT2D eigenvalue weighted by Gasteiger charge is -2.61. The second-order valence-corrected chi connectivity index (χ2v) is 9.75. The minimum absolute atomic E-state index is 0.0536. The van der Waals surface area contributed by atoms with Crippen LogP contribution in [0.15, 0.2) is 24.3 Å². The molecule has 0 saturated heterocycles. The average molecular weight is 341 g/mol. The molecular weight excluding hydrogens is 308 g/mol. The van der Waals surface area contributed by atoms with Crippen LogP contribution in [0, 0.1) is 17.3 Å². The first-order valence-corrected chi connectivity index (χ1v) is 9.91. The molecule has 5 rings (SSSR count). The van der Waals surface area contributed by atoms with Gasteiger partial charge in [-0.25, -0.2) is 0 Å². The van der Waals surface area contributed by atoms with Crippen molar-refractivity contribution in [3.63, 3.8) is 0 Å². The number of benzene rings is 1. The molecule has 136 valence electrons. The van der Waals surface area contributed by atoms with E-state index in [0.29, 0.717) is 17.6 Å². The van der Waals surface area contributed by atoms with Crippen LogP contribution < -0.4 is 4.74 Å². The summed E-state index contributed by atoms with van der Waals surface area (Å²) in [5.74, 6) is 2.75. The van der Waals surface area contributed by atoms with Crippen LogP contribution in [-0.4, -0.2) is 11.2 Å². The van der Waals surface area contributed by atoms with E-state index in [1.165, 1.54) is 30.4 Å². The standard InChI is InChI=1S/C23H32O2/c1-7-8-9-22(3,4)14-10-17(24)20-18(11-14)25-21-13(2)15-12-16(19(20)21)23(15,5)6/h10-11,15-16,19,21,24H,2,7-9,12H2,1,3-6H3/t15-,16+,19-,21-/m0/s1. The fourth-order valence-electron chi connectivity index (χ4n) is 5.67. The molecule has 0 amide bonds. The molecule has 25 heavy (non-hydrogen) atoms. The van der Waals surface area contributed by atoms with Crippen molar-refractivity contribution in [1.29, 1.82) is 0 Å². The van der Waals surface area contributed by atoms with Crippen LogP contribution in [-0.2, 0) is 5.41 Å². The van der Waals surface area contributed by atoms with Crippen molar-refractivity contribution in [3.8, 4) is 11.5 Å². The van der Waals surface area contributed by atoms with Gasteiger partial charge in [0.1, 0.15) is 17.6 Å². The Morgan fingerprint density at radius 2 is 2.04 bits per heavy atom. The van der Waals surface area contributed by atoms with Crippen LogP contribution >= 0.6 is 0 Å². The van der Waals surface area contributed by atoms with E-state index in [1.54, 1.807) is 0 Å². The van der Waals surface area contributed by atoms with Crippen LogP contribution in [0.1, 0.15) is 77.3 Å². The predicted molar refractivity (Wildman–Crippen MR) is 102 cm³/mol. The van der Waals surface area contributed by atoms with Gasteiger partial charge in [0.25, 0.3) is 0 Å². The summed E-state index contributed by atoms with van der Waals surface area (Å²) in [6, 6.07) is 4.20. The average Bonchev–Trinajstić information content (AvgIpc) is 2.93. The van der Waals surface area contributed by atoms with E-state index in [0.717, 1.165) is 17.7 Å². The molecule has 0 aromatic heterocycles. The van der Waals surface area contributed by atoms with Crippen LogP contribution in [0.5, 0.6) is 11.5 Å². The largest absolute Gasteiger partial charge is 0.508 e. The third-order valence-electron chi connectivity index (χ3n) is 7.56. The summed E-state index contributed by atoms with van der Waals surface area (Å²) < 4.78 is 6.38. The SMILES string of the molecule is C=C1[C@@H]2Oc3cc(C(C)(C)CCCC)cc(O)c3[C@@H]2[C@H]2C[C@@H]1C2(C)C. The van der Waals surface area contributed by atoms with Crippen molar-refractivity contribution in [1.82, 2.24) is 0 Å². The molecule has 4 aliphatic rings. The van der Waals surface area contributed by atoms with Gasteiger partial charge < -0.3 is 9.84 Å². The fourth-order valence-corrected chi connectivity index (χ4v) is 5.67. The van der Waals surface area contributed by atoms with Crippen LogP contribution in [0.4, 0.5) is 0 Å². The van der Waals surface area contributed by atoms with E-state index >= 15 is 0 Å². The maximum absolute atomic E-state index is 10.9. The minimum Gasteiger partial charge on any atom is -0.508 e. The first-order chi connectivity index (χ1) is 11.7. The monoisotopic (exact) mass is 340 g/mol. The summed E-state index contributed by atoms with van der Waals surface area (Å²) in [4.78, 5) is 0. The zero-order valence-corrected chi connectivity index (χ0v) is 16.4. The van der Waals surface area contributed by atoms with E-state index in [1.807, 2.05) is 6.07 Å². The quantitative estimate of drug-likeness (QED) is 0.688. The van der Waals surface area contributed by atoms with Crippen molar-refractivity contribution >= 4 is 0 Å². The lowest BCUT2D eigenvalue weighted by Crippen LogP contribution is -2.57. The number of hydrogen-bond acceptors (Lipinski definition) is 2. The summed E-state index contributed by atoms with van der Waals surface area (Å²) in [5, 5.41) is 10.9. The van der Waals surface area contributed by atoms with E-state index in [4.69, 9.17) is 4.74 Å². The number of hydrogen-bond donors (Lipinski definition) is 1. The van der Waals surface area contributed by atoms with Gasteiger partial charge in [-0.15, -0.1) is 0 Å². The Hall–Kier alpha value is -1.44. The molecule has 1 heterocycles. The van der Waals surface area contributed by atoms with E-state index in [-0.39, 0.29) is 22.9 Å². The van der Waals surface area contributed by atoms with Gasteiger partial charge >= 0.3 is 0 Å². The first-order valence-electron chi connectivity index (χ1n) is 9.91. The van der Waals surface area contributed by atoms with Gasteiger partial charge in [-0.1, -0.05) is 54.0 Å². The molecule has 3 aliphatic carbocycles. The highest BCUT2D eigenvalue weighted by Crippen LogP contribution is 2.69. The Labute approximate surface area is 152 Å². The molecule has 0 radical (unpaired) electrons. The van der Waals surface area contributed by atoms with Gasteiger partial charge in [0.15, 0.2) is 0 Å². The number of phenols is 1. The van der Waals surface area contributed by atoms with Gasteiger partial charge in [0.05, 0.1) is 0 Å². The van der Waals surface area contributed by atoms with Crippen molar-refractivity contribution < 1.29 is 9.84 Å². The minimum atomic E-state index is 0.0536. The summed E-state index contributed by atoms with van der Waals surface area (Å²) >= 11 is 0. The zero-order chi connectivity index (χ0) is 18.1. The number of aromatic hydroxyl groups is 1. The van der Waals surface area contributed by atoms with E-state index in [9.17, 15) is 5.11 Å². The Kier molecular flexibility index (Phi) is 3.59. The highest BCUT2D eigenvalue weighted by molar-refractivity contribution is 5.57. The van der Waals surface area contributed by atoms with Gasteiger partial charge in [-0.05, 0) is 58.8 Å². The predicted octanol–water partition coefficient (Wildman–Crippen LogP) is 5.94. The zero-order valence-electron chi connectivity index (χ0n) is 16.4. The Morgan fingerprint density at radius 3 is 2.68 bits per heavy atom. The second-order valence-electron chi connectivity index (χ2n) is 9.75. The molecule has 2 heteroatoms. The number of unbranched alkanes of at least 4 members (excludes halogenated alkanes) is 1. The number of fused-ring (bicyclic) bond motifs is 1. The van der Waals surface area contributed by atoms with Crippen LogP contribution in [0.25, 0.3) is 0 Å². The van der Waals surface area contributed by atoms with E-state index < -0.39 is 0 Å². The van der Waals surface area contributed by atoms with Crippen LogP contribution in [0.3, 0.4) is 0 Å². The highest BCUT2D eigenvalue weighted by Gasteiger charge is 2.63. The van der Waals surface area contributed by atoms with Gasteiger partial charge in [0.2, 0.25) is 0 Å². The molecule has 1 aliphatic heterocycles. The summed E-state index contributed by atoms with van der Waals surface area (Å²) in [6.45, 7) is 15.9. The molecule has 2 bridgehead atoms. The number of rotatable bonds is 4. The normalized spacial score (nSPS) is 31.8. The Bertz CT molecular complexity index is 728. The summed E-state index contributed by atoms with van der Waals surface area (Å²) in [7, 11) is 0. The first kappa shape index (κ1) is 17.0. The molecule has 0 spiro atoms. The third kappa shape index (κ3) is 2.22. The van der Waals surface area contributed by atoms with Gasteiger partial charge in [0, 0.05) is 11.5 Å². The van der Waals surface area contributed by atoms with Crippen molar-refractivity contribution in [2.24, 2.45) is 17.3 Å². The third-order valence-corrected chi connectivity index (χ3v) is 7.56. The molecule has 2 nitrogen and oxygen atoms in total. The van der Waals surface area contributed by atoms with Crippen molar-refractivity contribution in [2.45, 2.75) is 77.7 Å². The molecule has 3 fully saturated rings. The van der Waals surface area contributed by atoms with Crippen molar-refractivity contribution in [3.05, 3.63) is 35.4 Å². The molecule has 0 unspecified atom stereocenters. The summed E-state index contributed by atoms with van der Waals surface area (Å²) in [5.41, 5.74) is 3.79. The van der Waals surface area contributed by atoms with Gasteiger partial charge in [-0.3, -0.25) is 0 Å². The number of ether oxygens (including phenoxy) is 1. The molecule has 1 N–H and O–H groups in total.